The van der Waals surface area contributed by atoms with Gasteiger partial charge in [0.1, 0.15) is 0 Å². The van der Waals surface area contributed by atoms with Gasteiger partial charge >= 0.3 is 0 Å². The van der Waals surface area contributed by atoms with Crippen molar-refractivity contribution in [1.82, 2.24) is 0 Å². The smallest absolute Gasteiger partial charge is 0.256 e. The van der Waals surface area contributed by atoms with Gasteiger partial charge in [0.25, 0.3) is 5.91 Å². The quantitative estimate of drug-likeness (QED) is 0.830. The highest BCUT2D eigenvalue weighted by Gasteiger charge is 2.11. The third-order valence-corrected chi connectivity index (χ3v) is 3.36. The molecule has 0 fully saturated rings. The Morgan fingerprint density at radius 2 is 1.74 bits per heavy atom. The van der Waals surface area contributed by atoms with E-state index in [0.29, 0.717) is 5.88 Å². The van der Waals surface area contributed by atoms with Crippen LogP contribution >= 0.6 is 11.6 Å². The van der Waals surface area contributed by atoms with Gasteiger partial charge in [0.05, 0.1) is 0 Å². The van der Waals surface area contributed by atoms with Crippen molar-refractivity contribution < 1.29 is 4.79 Å². The third-order valence-electron chi connectivity index (χ3n) is 3.05. The fourth-order valence-corrected chi connectivity index (χ4v) is 2.26. The molecule has 2 aromatic carbocycles. The van der Waals surface area contributed by atoms with Crippen molar-refractivity contribution in [3.05, 3.63) is 64.7 Å². The number of alkyl halides is 1. The molecule has 98 valence electrons. The number of carbonyl (C=O) groups is 1. The summed E-state index contributed by atoms with van der Waals surface area (Å²) in [5.74, 6) is 0.356. The van der Waals surface area contributed by atoms with Crippen molar-refractivity contribution >= 4 is 23.2 Å². The van der Waals surface area contributed by atoms with Gasteiger partial charge in [-0.2, -0.15) is 0 Å². The maximum absolute atomic E-state index is 12.3. The summed E-state index contributed by atoms with van der Waals surface area (Å²) < 4.78 is 0. The first-order valence-corrected chi connectivity index (χ1v) is 6.67. The summed E-state index contributed by atoms with van der Waals surface area (Å²) in [5.41, 5.74) is 4.45. The van der Waals surface area contributed by atoms with Crippen LogP contribution in [0.4, 0.5) is 5.69 Å². The summed E-state index contributed by atoms with van der Waals surface area (Å²) in [6, 6.07) is 13.4. The molecule has 2 rings (SSSR count). The lowest BCUT2D eigenvalue weighted by atomic mass is 10.0. The maximum atomic E-state index is 12.3. The molecule has 1 amide bonds. The number of benzene rings is 2. The summed E-state index contributed by atoms with van der Waals surface area (Å²) in [4.78, 5) is 12.3. The molecule has 0 unspecified atom stereocenters. The van der Waals surface area contributed by atoms with Crippen molar-refractivity contribution in [2.75, 3.05) is 5.32 Å². The zero-order valence-electron chi connectivity index (χ0n) is 11.0. The number of hydrogen-bond acceptors (Lipinski definition) is 1. The molecule has 0 aromatic heterocycles. The van der Waals surface area contributed by atoms with Gasteiger partial charge in [0.15, 0.2) is 0 Å². The minimum absolute atomic E-state index is 0.0812. The van der Waals surface area contributed by atoms with Crippen LogP contribution in [0.1, 0.15) is 27.0 Å². The second kappa shape index (κ2) is 5.89. The van der Waals surface area contributed by atoms with Crippen LogP contribution in [0.3, 0.4) is 0 Å². The van der Waals surface area contributed by atoms with Crippen LogP contribution in [-0.2, 0) is 5.88 Å². The molecular weight excluding hydrogens is 258 g/mol. The van der Waals surface area contributed by atoms with Crippen LogP contribution in [0.25, 0.3) is 0 Å². The van der Waals surface area contributed by atoms with Crippen molar-refractivity contribution in [3.8, 4) is 0 Å². The zero-order valence-corrected chi connectivity index (χ0v) is 11.8. The number of carbonyl (C=O) groups excluding carboxylic acids is 1. The van der Waals surface area contributed by atoms with E-state index in [1.165, 1.54) is 0 Å². The highest BCUT2D eigenvalue weighted by atomic mass is 35.5. The second-order valence-corrected chi connectivity index (χ2v) is 4.82. The largest absolute Gasteiger partial charge is 0.322 e. The Hall–Kier alpha value is -1.80. The van der Waals surface area contributed by atoms with E-state index in [9.17, 15) is 4.79 Å². The lowest BCUT2D eigenvalue weighted by Gasteiger charge is -2.11. The number of nitrogens with one attached hydrogen (secondary N) is 1. The van der Waals surface area contributed by atoms with E-state index in [4.69, 9.17) is 11.6 Å². The standard InChI is InChI=1S/C16H16ClNO/c1-11-5-3-6-12(2)15(11)16(19)18-14-8-4-7-13(9-14)10-17/h3-9H,10H2,1-2H3,(H,18,19). The molecule has 0 atom stereocenters. The molecule has 1 N–H and O–H groups in total. The predicted octanol–water partition coefficient (Wildman–Crippen LogP) is 4.29. The average Bonchev–Trinajstić information content (AvgIpc) is 2.38. The summed E-state index contributed by atoms with van der Waals surface area (Å²) in [6.07, 6.45) is 0. The van der Waals surface area contributed by atoms with Gasteiger partial charge < -0.3 is 5.32 Å². The first-order chi connectivity index (χ1) is 9.11. The molecular formula is C16H16ClNO. The summed E-state index contributed by atoms with van der Waals surface area (Å²) in [7, 11) is 0. The minimum atomic E-state index is -0.0812. The Kier molecular flexibility index (Phi) is 4.23. The monoisotopic (exact) mass is 273 g/mol. The van der Waals surface area contributed by atoms with E-state index in [2.05, 4.69) is 5.32 Å². The van der Waals surface area contributed by atoms with Crippen LogP contribution in [0.2, 0.25) is 0 Å². The van der Waals surface area contributed by atoms with Gasteiger partial charge in [-0.15, -0.1) is 11.6 Å². The molecule has 0 heterocycles. The van der Waals surface area contributed by atoms with Crippen molar-refractivity contribution in [2.45, 2.75) is 19.7 Å². The summed E-state index contributed by atoms with van der Waals surface area (Å²) >= 11 is 5.79. The van der Waals surface area contributed by atoms with E-state index in [1.54, 1.807) is 0 Å². The van der Waals surface area contributed by atoms with Crippen LogP contribution in [-0.4, -0.2) is 5.91 Å². The number of anilines is 1. The van der Waals surface area contributed by atoms with Gasteiger partial charge in [-0.25, -0.2) is 0 Å². The van der Waals surface area contributed by atoms with Gasteiger partial charge in [-0.05, 0) is 42.7 Å². The van der Waals surface area contributed by atoms with Gasteiger partial charge in [-0.3, -0.25) is 4.79 Å². The Morgan fingerprint density at radius 1 is 1.11 bits per heavy atom. The van der Waals surface area contributed by atoms with E-state index in [-0.39, 0.29) is 5.91 Å². The number of rotatable bonds is 3. The van der Waals surface area contributed by atoms with Crippen molar-refractivity contribution in [1.29, 1.82) is 0 Å². The molecule has 0 radical (unpaired) electrons. The SMILES string of the molecule is Cc1cccc(C)c1C(=O)Nc1cccc(CCl)c1. The van der Waals surface area contributed by atoms with Crippen molar-refractivity contribution in [2.24, 2.45) is 0 Å². The van der Waals surface area contributed by atoms with Crippen LogP contribution in [0.5, 0.6) is 0 Å². The molecule has 0 saturated carbocycles. The number of halogens is 1. The van der Waals surface area contributed by atoms with E-state index >= 15 is 0 Å². The molecule has 3 heteroatoms. The van der Waals surface area contributed by atoms with E-state index in [1.807, 2.05) is 56.3 Å². The maximum Gasteiger partial charge on any atom is 0.256 e. The molecule has 0 bridgehead atoms. The molecule has 0 saturated heterocycles. The Morgan fingerprint density at radius 3 is 2.37 bits per heavy atom. The van der Waals surface area contributed by atoms with Crippen molar-refractivity contribution in [3.63, 3.8) is 0 Å². The Bertz CT molecular complexity index is 587. The molecule has 0 aliphatic rings. The van der Waals surface area contributed by atoms with E-state index < -0.39 is 0 Å². The lowest BCUT2D eigenvalue weighted by molar-refractivity contribution is 0.102. The Balaban J connectivity index is 2.26. The number of hydrogen-bond donors (Lipinski definition) is 1. The summed E-state index contributed by atoms with van der Waals surface area (Å²) in [6.45, 7) is 3.88. The average molecular weight is 274 g/mol. The molecule has 0 spiro atoms. The fraction of sp³-hybridized carbons (Fsp3) is 0.188. The minimum Gasteiger partial charge on any atom is -0.322 e. The summed E-state index contributed by atoms with van der Waals surface area (Å²) in [5, 5.41) is 2.92. The molecule has 2 nitrogen and oxygen atoms in total. The topological polar surface area (TPSA) is 29.1 Å². The van der Waals surface area contributed by atoms with E-state index in [0.717, 1.165) is 27.9 Å². The zero-order chi connectivity index (χ0) is 13.8. The molecule has 0 aliphatic heterocycles. The first-order valence-electron chi connectivity index (χ1n) is 6.14. The molecule has 0 aliphatic carbocycles. The van der Waals surface area contributed by atoms with Gasteiger partial charge in [0.2, 0.25) is 0 Å². The Labute approximate surface area is 118 Å². The fourth-order valence-electron chi connectivity index (χ4n) is 2.10. The number of aryl methyl sites for hydroxylation is 2. The normalized spacial score (nSPS) is 10.3. The van der Waals surface area contributed by atoms with Gasteiger partial charge in [0, 0.05) is 17.1 Å². The molecule has 19 heavy (non-hydrogen) atoms. The van der Waals surface area contributed by atoms with Gasteiger partial charge in [-0.1, -0.05) is 30.3 Å². The molecule has 2 aromatic rings. The highest BCUT2D eigenvalue weighted by Crippen LogP contribution is 2.17. The second-order valence-electron chi connectivity index (χ2n) is 4.55. The van der Waals surface area contributed by atoms with Crippen LogP contribution < -0.4 is 5.32 Å². The lowest BCUT2D eigenvalue weighted by Crippen LogP contribution is -2.15. The highest BCUT2D eigenvalue weighted by molar-refractivity contribution is 6.17. The van der Waals surface area contributed by atoms with Crippen LogP contribution in [0, 0.1) is 13.8 Å². The number of amides is 1. The van der Waals surface area contributed by atoms with Crippen LogP contribution in [0.15, 0.2) is 42.5 Å². The first kappa shape index (κ1) is 13.6. The predicted molar refractivity (Wildman–Crippen MR) is 79.9 cm³/mol. The third kappa shape index (κ3) is 3.15.